The Hall–Kier alpha value is -1.67. The van der Waals surface area contributed by atoms with Gasteiger partial charge in [-0.1, -0.05) is 0 Å². The lowest BCUT2D eigenvalue weighted by molar-refractivity contribution is -0.384. The van der Waals surface area contributed by atoms with Gasteiger partial charge < -0.3 is 15.2 Å². The van der Waals surface area contributed by atoms with E-state index in [0.717, 1.165) is 0 Å². The number of hydrogen-bond donors (Lipinski definition) is 2. The van der Waals surface area contributed by atoms with Gasteiger partial charge in [-0.15, -0.1) is 5.10 Å². The summed E-state index contributed by atoms with van der Waals surface area (Å²) in [5.41, 5.74) is -1.07. The van der Waals surface area contributed by atoms with Gasteiger partial charge in [-0.3, -0.25) is 14.8 Å². The summed E-state index contributed by atoms with van der Waals surface area (Å²) in [7, 11) is 1.60. The topological polar surface area (TPSA) is 102 Å². The van der Waals surface area contributed by atoms with Gasteiger partial charge >= 0.3 is 5.69 Å². The summed E-state index contributed by atoms with van der Waals surface area (Å²) in [6.07, 6.45) is 1.83. The van der Waals surface area contributed by atoms with Crippen LogP contribution in [0, 0.1) is 10.1 Å². The molecule has 2 heterocycles. The van der Waals surface area contributed by atoms with Crippen LogP contribution >= 0.6 is 0 Å². The van der Waals surface area contributed by atoms with Gasteiger partial charge in [-0.2, -0.15) is 0 Å². The average molecular weight is 242 g/mol. The monoisotopic (exact) mass is 242 g/mol. The number of ether oxygens (including phenoxy) is 1. The third-order valence-corrected chi connectivity index (χ3v) is 2.67. The Morgan fingerprint density at radius 3 is 3.18 bits per heavy atom. The lowest BCUT2D eigenvalue weighted by Gasteiger charge is -2.20. The molecule has 0 amide bonds. The van der Waals surface area contributed by atoms with Crippen molar-refractivity contribution in [3.05, 3.63) is 16.3 Å². The molecule has 8 heteroatoms. The minimum atomic E-state index is -0.967. The predicted octanol–water partition coefficient (Wildman–Crippen LogP) is -0.108. The second-order valence-electron chi connectivity index (χ2n) is 4.17. The van der Waals surface area contributed by atoms with E-state index in [2.05, 4.69) is 10.4 Å². The van der Waals surface area contributed by atoms with Crippen molar-refractivity contribution in [2.45, 2.75) is 12.0 Å². The Morgan fingerprint density at radius 2 is 2.59 bits per heavy atom. The van der Waals surface area contributed by atoms with Crippen LogP contribution in [0.5, 0.6) is 0 Å². The first-order chi connectivity index (χ1) is 8.00. The Morgan fingerprint density at radius 1 is 1.82 bits per heavy atom. The zero-order valence-corrected chi connectivity index (χ0v) is 9.42. The molecular weight excluding hydrogens is 228 g/mol. The molecule has 2 N–H and O–H groups in total. The number of nitro groups is 1. The molecule has 0 radical (unpaired) electrons. The van der Waals surface area contributed by atoms with E-state index < -0.39 is 10.5 Å². The van der Waals surface area contributed by atoms with Gasteiger partial charge in [0.15, 0.2) is 0 Å². The van der Waals surface area contributed by atoms with E-state index in [4.69, 9.17) is 4.74 Å². The van der Waals surface area contributed by atoms with Gasteiger partial charge in [0, 0.05) is 26.6 Å². The molecule has 1 atom stereocenters. The molecule has 0 bridgehead atoms. The highest BCUT2D eigenvalue weighted by atomic mass is 16.6. The van der Waals surface area contributed by atoms with Crippen molar-refractivity contribution in [1.29, 1.82) is 0 Å². The lowest BCUT2D eigenvalue weighted by atomic mass is 10.0. The molecule has 0 spiro atoms. The number of aryl methyl sites for hydroxylation is 1. The van der Waals surface area contributed by atoms with Gasteiger partial charge in [0.1, 0.15) is 11.8 Å². The second kappa shape index (κ2) is 4.30. The van der Waals surface area contributed by atoms with Crippen LogP contribution in [0.3, 0.4) is 0 Å². The van der Waals surface area contributed by atoms with Crippen LogP contribution in [0.1, 0.15) is 6.42 Å². The maximum Gasteiger partial charge on any atom is 0.330 e. The fourth-order valence-electron chi connectivity index (χ4n) is 1.72. The summed E-state index contributed by atoms with van der Waals surface area (Å²) >= 11 is 0. The van der Waals surface area contributed by atoms with Crippen molar-refractivity contribution in [2.75, 3.05) is 25.1 Å². The predicted molar refractivity (Wildman–Crippen MR) is 58.7 cm³/mol. The summed E-state index contributed by atoms with van der Waals surface area (Å²) in [5.74, 6) is 0.165. The van der Waals surface area contributed by atoms with E-state index in [1.807, 2.05) is 0 Å². The smallest absolute Gasteiger partial charge is 0.330 e. The van der Waals surface area contributed by atoms with Crippen LogP contribution in [-0.4, -0.2) is 45.2 Å². The molecule has 0 aliphatic carbocycles. The number of hydrogen-bond acceptors (Lipinski definition) is 6. The van der Waals surface area contributed by atoms with Crippen molar-refractivity contribution in [3.8, 4) is 0 Å². The van der Waals surface area contributed by atoms with Crippen LogP contribution in [0.15, 0.2) is 6.20 Å². The highest BCUT2D eigenvalue weighted by Gasteiger charge is 2.33. The molecule has 17 heavy (non-hydrogen) atoms. The third kappa shape index (κ3) is 2.53. The molecule has 1 aromatic heterocycles. The summed E-state index contributed by atoms with van der Waals surface area (Å²) in [6.45, 7) is 0.925. The first kappa shape index (κ1) is 11.8. The summed E-state index contributed by atoms with van der Waals surface area (Å²) in [5, 5.41) is 27.5. The summed E-state index contributed by atoms with van der Waals surface area (Å²) < 4.78 is 6.44. The highest BCUT2D eigenvalue weighted by molar-refractivity contribution is 5.54. The lowest BCUT2D eigenvalue weighted by Crippen LogP contribution is -2.37. The molecule has 0 saturated carbocycles. The molecular formula is C9H14N4O4. The molecule has 2 rings (SSSR count). The normalized spacial score (nSPS) is 23.9. The zero-order valence-electron chi connectivity index (χ0n) is 9.42. The van der Waals surface area contributed by atoms with Crippen LogP contribution in [0.4, 0.5) is 11.5 Å². The van der Waals surface area contributed by atoms with Gasteiger partial charge in [0.05, 0.1) is 11.5 Å². The van der Waals surface area contributed by atoms with Gasteiger partial charge in [0.25, 0.3) is 0 Å². The molecule has 1 saturated heterocycles. The van der Waals surface area contributed by atoms with Gasteiger partial charge in [-0.25, -0.2) is 0 Å². The van der Waals surface area contributed by atoms with Gasteiger partial charge in [0.2, 0.25) is 5.82 Å². The number of aromatic nitrogens is 2. The van der Waals surface area contributed by atoms with E-state index in [1.165, 1.54) is 10.9 Å². The second-order valence-corrected chi connectivity index (χ2v) is 4.17. The van der Waals surface area contributed by atoms with E-state index in [-0.39, 0.29) is 24.7 Å². The zero-order chi connectivity index (χ0) is 12.5. The Kier molecular flexibility index (Phi) is 2.99. The van der Waals surface area contributed by atoms with Gasteiger partial charge in [-0.05, 0) is 0 Å². The van der Waals surface area contributed by atoms with E-state index >= 15 is 0 Å². The van der Waals surface area contributed by atoms with Crippen molar-refractivity contribution in [3.63, 3.8) is 0 Å². The molecule has 1 aromatic rings. The third-order valence-electron chi connectivity index (χ3n) is 2.67. The van der Waals surface area contributed by atoms with Crippen molar-refractivity contribution in [1.82, 2.24) is 9.78 Å². The number of aliphatic hydroxyl groups is 1. The molecule has 94 valence electrons. The fourth-order valence-corrected chi connectivity index (χ4v) is 1.72. The first-order valence-electron chi connectivity index (χ1n) is 5.22. The molecule has 1 aliphatic rings. The van der Waals surface area contributed by atoms with Crippen molar-refractivity contribution >= 4 is 11.5 Å². The molecule has 1 unspecified atom stereocenters. The minimum absolute atomic E-state index is 0.102. The number of anilines is 1. The van der Waals surface area contributed by atoms with E-state index in [0.29, 0.717) is 13.0 Å². The Balaban J connectivity index is 2.05. The maximum atomic E-state index is 10.7. The van der Waals surface area contributed by atoms with Crippen LogP contribution in [0.2, 0.25) is 0 Å². The van der Waals surface area contributed by atoms with Crippen LogP contribution in [-0.2, 0) is 11.8 Å². The molecule has 0 aromatic carbocycles. The van der Waals surface area contributed by atoms with E-state index in [1.54, 1.807) is 7.05 Å². The van der Waals surface area contributed by atoms with Crippen molar-refractivity contribution in [2.24, 2.45) is 7.05 Å². The average Bonchev–Trinajstić information content (AvgIpc) is 2.83. The summed E-state index contributed by atoms with van der Waals surface area (Å²) in [4.78, 5) is 10.2. The largest absolute Gasteiger partial charge is 0.386 e. The maximum absolute atomic E-state index is 10.7. The van der Waals surface area contributed by atoms with E-state index in [9.17, 15) is 15.2 Å². The Bertz CT molecular complexity index is 425. The number of rotatable bonds is 4. The summed E-state index contributed by atoms with van der Waals surface area (Å²) in [6, 6.07) is 0. The molecule has 1 aliphatic heterocycles. The quantitative estimate of drug-likeness (QED) is 0.564. The fraction of sp³-hybridized carbons (Fsp3) is 0.667. The van der Waals surface area contributed by atoms with Crippen molar-refractivity contribution < 1.29 is 14.8 Å². The van der Waals surface area contributed by atoms with Crippen LogP contribution < -0.4 is 5.32 Å². The molecule has 1 fully saturated rings. The molecule has 8 nitrogen and oxygen atoms in total. The SMILES string of the molecule is Cn1cc([N+](=O)[O-])c(NCC2(O)CCOC2)n1. The Labute approximate surface area is 97.3 Å². The number of nitrogens with zero attached hydrogens (tertiary/aromatic N) is 3. The standard InChI is InChI=1S/C9H14N4O4/c1-12-4-7(13(15)16)8(11-12)10-5-9(14)2-3-17-6-9/h4,14H,2-3,5-6H2,1H3,(H,10,11). The minimum Gasteiger partial charge on any atom is -0.386 e. The first-order valence-corrected chi connectivity index (χ1v) is 5.22. The van der Waals surface area contributed by atoms with Crippen LogP contribution in [0.25, 0.3) is 0 Å². The number of nitrogens with one attached hydrogen (secondary N) is 1. The highest BCUT2D eigenvalue weighted by Crippen LogP contribution is 2.24.